The summed E-state index contributed by atoms with van der Waals surface area (Å²) < 4.78 is 7.10. The summed E-state index contributed by atoms with van der Waals surface area (Å²) in [6, 6.07) is 11.4. The molecular formula is C25H29N3O3. The third kappa shape index (κ3) is 5.24. The number of carbonyl (C=O) groups is 2. The van der Waals surface area contributed by atoms with E-state index in [1.54, 1.807) is 25.1 Å². The Labute approximate surface area is 183 Å². The van der Waals surface area contributed by atoms with Crippen LogP contribution < -0.4 is 5.32 Å². The van der Waals surface area contributed by atoms with Crippen LogP contribution in [0.2, 0.25) is 0 Å². The van der Waals surface area contributed by atoms with E-state index in [9.17, 15) is 14.9 Å². The maximum atomic E-state index is 12.6. The summed E-state index contributed by atoms with van der Waals surface area (Å²) in [6.45, 7) is 5.98. The molecule has 1 aromatic carbocycles. The molecule has 0 unspecified atom stereocenters. The normalized spacial score (nSPS) is 14.7. The molecule has 162 valence electrons. The summed E-state index contributed by atoms with van der Waals surface area (Å²) in [5, 5.41) is 12.6. The lowest BCUT2D eigenvalue weighted by Gasteiger charge is -2.22. The van der Waals surface area contributed by atoms with E-state index in [-0.39, 0.29) is 23.5 Å². The van der Waals surface area contributed by atoms with Crippen molar-refractivity contribution in [3.63, 3.8) is 0 Å². The number of carbonyl (C=O) groups excluding carboxylic acids is 2. The van der Waals surface area contributed by atoms with Gasteiger partial charge in [-0.15, -0.1) is 0 Å². The SMILES string of the molecule is CCOC(=O)c1cccc(-n2c(C)cc(/C=C(/C#N)C(=O)NC3CCCCC3)c2C)c1. The summed E-state index contributed by atoms with van der Waals surface area (Å²) in [5.74, 6) is -0.679. The molecule has 1 aromatic heterocycles. The highest BCUT2D eigenvalue weighted by molar-refractivity contribution is 6.02. The highest BCUT2D eigenvalue weighted by atomic mass is 16.5. The molecule has 31 heavy (non-hydrogen) atoms. The van der Waals surface area contributed by atoms with Crippen molar-refractivity contribution in [3.05, 3.63) is 58.4 Å². The molecule has 1 aliphatic rings. The molecule has 1 fully saturated rings. The van der Waals surface area contributed by atoms with Crippen molar-refractivity contribution < 1.29 is 14.3 Å². The Kier molecular flexibility index (Phi) is 7.30. The van der Waals surface area contributed by atoms with Gasteiger partial charge in [0.2, 0.25) is 0 Å². The smallest absolute Gasteiger partial charge is 0.338 e. The molecule has 1 aliphatic carbocycles. The number of aromatic nitrogens is 1. The minimum Gasteiger partial charge on any atom is -0.462 e. The Bertz CT molecular complexity index is 1040. The summed E-state index contributed by atoms with van der Waals surface area (Å²) in [7, 11) is 0. The number of rotatable bonds is 6. The van der Waals surface area contributed by atoms with Crippen LogP contribution in [-0.2, 0) is 9.53 Å². The first-order valence-electron chi connectivity index (χ1n) is 10.8. The van der Waals surface area contributed by atoms with E-state index in [0.717, 1.165) is 48.3 Å². The Morgan fingerprint density at radius 2 is 1.97 bits per heavy atom. The predicted octanol–water partition coefficient (Wildman–Crippen LogP) is 4.63. The van der Waals surface area contributed by atoms with Gasteiger partial charge in [0.05, 0.1) is 12.2 Å². The number of nitriles is 1. The first kappa shape index (κ1) is 22.4. The van der Waals surface area contributed by atoms with Crippen molar-refractivity contribution in [1.29, 1.82) is 5.26 Å². The zero-order valence-corrected chi connectivity index (χ0v) is 18.4. The quantitative estimate of drug-likeness (QED) is 0.420. The molecule has 6 nitrogen and oxygen atoms in total. The number of esters is 1. The second-order valence-corrected chi connectivity index (χ2v) is 7.91. The van der Waals surface area contributed by atoms with Crippen LogP contribution in [-0.4, -0.2) is 29.1 Å². The molecule has 1 amide bonds. The Morgan fingerprint density at radius 1 is 1.23 bits per heavy atom. The first-order valence-corrected chi connectivity index (χ1v) is 10.8. The number of benzene rings is 1. The van der Waals surface area contributed by atoms with Gasteiger partial charge in [0.15, 0.2) is 0 Å². The van der Waals surface area contributed by atoms with E-state index < -0.39 is 0 Å². The van der Waals surface area contributed by atoms with Crippen LogP contribution in [0, 0.1) is 25.2 Å². The summed E-state index contributed by atoms with van der Waals surface area (Å²) in [4.78, 5) is 24.7. The van der Waals surface area contributed by atoms with Crippen molar-refractivity contribution in [2.45, 2.75) is 58.9 Å². The van der Waals surface area contributed by atoms with Crippen molar-refractivity contribution >= 4 is 18.0 Å². The first-order chi connectivity index (χ1) is 14.9. The Morgan fingerprint density at radius 3 is 2.65 bits per heavy atom. The average molecular weight is 420 g/mol. The standard InChI is InChI=1S/C25H29N3O3/c1-4-31-25(30)19-9-8-12-23(15-19)28-17(2)13-20(18(28)3)14-21(16-26)24(29)27-22-10-6-5-7-11-22/h8-9,12-15,22H,4-7,10-11H2,1-3H3,(H,27,29)/b21-14-. The van der Waals surface area contributed by atoms with Gasteiger partial charge in [0, 0.05) is 23.1 Å². The van der Waals surface area contributed by atoms with E-state index in [0.29, 0.717) is 12.2 Å². The van der Waals surface area contributed by atoms with E-state index in [1.165, 1.54) is 6.42 Å². The third-order valence-electron chi connectivity index (χ3n) is 5.69. The molecule has 0 saturated heterocycles. The fourth-order valence-corrected chi connectivity index (χ4v) is 4.13. The monoisotopic (exact) mass is 419 g/mol. The molecule has 0 aliphatic heterocycles. The van der Waals surface area contributed by atoms with E-state index in [1.807, 2.05) is 36.6 Å². The van der Waals surface area contributed by atoms with Gasteiger partial charge in [0.25, 0.3) is 5.91 Å². The molecular weight excluding hydrogens is 390 g/mol. The van der Waals surface area contributed by atoms with Gasteiger partial charge in [-0.25, -0.2) is 4.79 Å². The fraction of sp³-hybridized carbons (Fsp3) is 0.400. The molecule has 2 aromatic rings. The lowest BCUT2D eigenvalue weighted by Crippen LogP contribution is -2.36. The van der Waals surface area contributed by atoms with Crippen LogP contribution >= 0.6 is 0 Å². The number of hydrogen-bond donors (Lipinski definition) is 1. The van der Waals surface area contributed by atoms with Crippen LogP contribution in [0.4, 0.5) is 0 Å². The zero-order chi connectivity index (χ0) is 22.4. The van der Waals surface area contributed by atoms with Crippen molar-refractivity contribution in [2.24, 2.45) is 0 Å². The summed E-state index contributed by atoms with van der Waals surface area (Å²) in [5.41, 5.74) is 4.03. The summed E-state index contributed by atoms with van der Waals surface area (Å²) in [6.07, 6.45) is 7.01. The predicted molar refractivity (Wildman–Crippen MR) is 120 cm³/mol. The maximum Gasteiger partial charge on any atom is 0.338 e. The molecule has 6 heteroatoms. The van der Waals surface area contributed by atoms with Crippen molar-refractivity contribution in [1.82, 2.24) is 9.88 Å². The molecule has 1 heterocycles. The van der Waals surface area contributed by atoms with Crippen LogP contribution in [0.1, 0.15) is 66.3 Å². The highest BCUT2D eigenvalue weighted by Gasteiger charge is 2.19. The van der Waals surface area contributed by atoms with Gasteiger partial charge in [-0.05, 0) is 69.5 Å². The van der Waals surface area contributed by atoms with Crippen molar-refractivity contribution in [2.75, 3.05) is 6.61 Å². The van der Waals surface area contributed by atoms with Gasteiger partial charge >= 0.3 is 5.97 Å². The van der Waals surface area contributed by atoms with Gasteiger partial charge in [-0.2, -0.15) is 5.26 Å². The van der Waals surface area contributed by atoms with Gasteiger partial charge in [0.1, 0.15) is 11.6 Å². The average Bonchev–Trinajstić information content (AvgIpc) is 3.05. The third-order valence-corrected chi connectivity index (χ3v) is 5.69. The highest BCUT2D eigenvalue weighted by Crippen LogP contribution is 2.24. The minimum atomic E-state index is -0.363. The largest absolute Gasteiger partial charge is 0.462 e. The second-order valence-electron chi connectivity index (χ2n) is 7.91. The lowest BCUT2D eigenvalue weighted by molar-refractivity contribution is -0.117. The lowest BCUT2D eigenvalue weighted by atomic mass is 9.95. The number of amides is 1. The molecule has 1 saturated carbocycles. The fourth-order valence-electron chi connectivity index (χ4n) is 4.13. The number of nitrogens with one attached hydrogen (secondary N) is 1. The minimum absolute atomic E-state index is 0.103. The second kappa shape index (κ2) is 10.1. The Balaban J connectivity index is 1.88. The zero-order valence-electron chi connectivity index (χ0n) is 18.4. The van der Waals surface area contributed by atoms with Crippen LogP contribution in [0.3, 0.4) is 0 Å². The van der Waals surface area contributed by atoms with Crippen LogP contribution in [0.15, 0.2) is 35.9 Å². The number of ether oxygens (including phenoxy) is 1. The van der Waals surface area contributed by atoms with Crippen LogP contribution in [0.5, 0.6) is 0 Å². The molecule has 0 bridgehead atoms. The van der Waals surface area contributed by atoms with Crippen LogP contribution in [0.25, 0.3) is 11.8 Å². The van der Waals surface area contributed by atoms with Gasteiger partial charge < -0.3 is 14.6 Å². The summed E-state index contributed by atoms with van der Waals surface area (Å²) >= 11 is 0. The number of hydrogen-bond acceptors (Lipinski definition) is 4. The molecule has 1 N–H and O–H groups in total. The van der Waals surface area contributed by atoms with E-state index >= 15 is 0 Å². The molecule has 0 atom stereocenters. The Hall–Kier alpha value is -3.33. The molecule has 3 rings (SSSR count). The van der Waals surface area contributed by atoms with Gasteiger partial charge in [-0.1, -0.05) is 25.3 Å². The molecule has 0 spiro atoms. The molecule has 0 radical (unpaired) electrons. The maximum absolute atomic E-state index is 12.6. The van der Waals surface area contributed by atoms with Crippen molar-refractivity contribution in [3.8, 4) is 11.8 Å². The van der Waals surface area contributed by atoms with E-state index in [2.05, 4.69) is 11.4 Å². The number of aryl methyl sites for hydroxylation is 1. The van der Waals surface area contributed by atoms with E-state index in [4.69, 9.17) is 4.74 Å². The number of nitrogens with zero attached hydrogens (tertiary/aromatic N) is 2. The topological polar surface area (TPSA) is 84.1 Å². The van der Waals surface area contributed by atoms with Gasteiger partial charge in [-0.3, -0.25) is 4.79 Å².